The van der Waals surface area contributed by atoms with Crippen LogP contribution in [0.2, 0.25) is 0 Å². The lowest BCUT2D eigenvalue weighted by atomic mass is 9.85. The Morgan fingerprint density at radius 2 is 0.466 bits per heavy atom. The van der Waals surface area contributed by atoms with E-state index in [9.17, 15) is 0 Å². The summed E-state index contributed by atoms with van der Waals surface area (Å²) in [6, 6.07) is 77.1. The lowest BCUT2D eigenvalue weighted by molar-refractivity contribution is 1.63. The summed E-state index contributed by atoms with van der Waals surface area (Å²) >= 11 is 0. The summed E-state index contributed by atoms with van der Waals surface area (Å²) in [6.07, 6.45) is 0. The molecule has 0 aliphatic heterocycles. The highest BCUT2D eigenvalue weighted by atomic mass is 14.2. The van der Waals surface area contributed by atoms with Crippen LogP contribution in [0.15, 0.2) is 206 Å². The smallest absolute Gasteiger partial charge is 0.00206 e. The largest absolute Gasteiger partial charge is 0.0616 e. The second-order valence-corrected chi connectivity index (χ2v) is 15.9. The van der Waals surface area contributed by atoms with Crippen LogP contribution >= 0.6 is 0 Å². The minimum Gasteiger partial charge on any atom is -0.0616 e. The van der Waals surface area contributed by atoms with Crippen LogP contribution in [0.1, 0.15) is 0 Å². The number of fused-ring (bicyclic) bond motifs is 2. The molecule has 0 N–H and O–H groups in total. The first-order valence-electron chi connectivity index (χ1n) is 20.2. The van der Waals surface area contributed by atoms with E-state index in [2.05, 4.69) is 206 Å². The predicted molar refractivity (Wildman–Crippen MR) is 251 cm³/mol. The number of rotatable bonds is 4. The third-order valence-corrected chi connectivity index (χ3v) is 13.0. The van der Waals surface area contributed by atoms with Gasteiger partial charge in [-0.3, -0.25) is 0 Å². The van der Waals surface area contributed by atoms with Crippen LogP contribution in [-0.2, 0) is 0 Å². The topological polar surface area (TPSA) is 0 Å². The summed E-state index contributed by atoms with van der Waals surface area (Å²) in [5, 5.41) is 20.9. The van der Waals surface area contributed by atoms with Crippen LogP contribution in [0.4, 0.5) is 0 Å². The molecule has 58 heavy (non-hydrogen) atoms. The van der Waals surface area contributed by atoms with Crippen molar-refractivity contribution < 1.29 is 0 Å². The third-order valence-electron chi connectivity index (χ3n) is 13.0. The monoisotopic (exact) mass is 730 g/mol. The van der Waals surface area contributed by atoms with Gasteiger partial charge in [0.1, 0.15) is 0 Å². The van der Waals surface area contributed by atoms with E-state index in [-0.39, 0.29) is 0 Å². The molecular formula is C58H34. The van der Waals surface area contributed by atoms with Gasteiger partial charge in [-0.1, -0.05) is 206 Å². The standard InChI is InChI=1S/C58H34/c1-2-12-48-47(11-1)55(41-19-15-35(16-20-41)45-31-27-43-25-23-37-7-5-9-39-29-33-51(45)57(43)53(37)39)49-13-3-4-14-50(49)56(48)42-21-17-36(18-22-42)46-32-28-44-26-24-38-8-6-10-40-30-34-52(46)58(44)54(38)40/h1-34H. The van der Waals surface area contributed by atoms with E-state index >= 15 is 0 Å². The van der Waals surface area contributed by atoms with Crippen LogP contribution < -0.4 is 0 Å². The highest BCUT2D eigenvalue weighted by molar-refractivity contribution is 6.27. The van der Waals surface area contributed by atoms with Crippen LogP contribution in [0.5, 0.6) is 0 Å². The van der Waals surface area contributed by atoms with Crippen molar-refractivity contribution >= 4 is 86.2 Å². The molecule has 0 nitrogen and oxygen atoms in total. The third kappa shape index (κ3) is 4.46. The van der Waals surface area contributed by atoms with E-state index in [1.807, 2.05) is 0 Å². The number of hydrogen-bond donors (Lipinski definition) is 0. The fourth-order valence-electron chi connectivity index (χ4n) is 10.4. The summed E-state index contributed by atoms with van der Waals surface area (Å²) in [4.78, 5) is 0. The molecule has 13 aromatic rings. The molecule has 266 valence electrons. The Balaban J connectivity index is 0.940. The highest BCUT2D eigenvalue weighted by Gasteiger charge is 2.18. The van der Waals surface area contributed by atoms with Gasteiger partial charge >= 0.3 is 0 Å². The minimum absolute atomic E-state index is 1.23. The Morgan fingerprint density at radius 3 is 0.828 bits per heavy atom. The Morgan fingerprint density at radius 1 is 0.172 bits per heavy atom. The van der Waals surface area contributed by atoms with Crippen LogP contribution in [0.25, 0.3) is 131 Å². The van der Waals surface area contributed by atoms with Crippen molar-refractivity contribution in [2.24, 2.45) is 0 Å². The maximum absolute atomic E-state index is 2.33. The number of benzene rings is 13. The molecule has 0 spiro atoms. The second kappa shape index (κ2) is 12.0. The highest BCUT2D eigenvalue weighted by Crippen LogP contribution is 2.46. The van der Waals surface area contributed by atoms with Gasteiger partial charge in [0.2, 0.25) is 0 Å². The maximum atomic E-state index is 2.33. The van der Waals surface area contributed by atoms with Gasteiger partial charge in [0.25, 0.3) is 0 Å². The lowest BCUT2D eigenvalue weighted by Crippen LogP contribution is -1.91. The fourth-order valence-corrected chi connectivity index (χ4v) is 10.4. The van der Waals surface area contributed by atoms with Gasteiger partial charge < -0.3 is 0 Å². The molecule has 0 heteroatoms. The van der Waals surface area contributed by atoms with Gasteiger partial charge in [-0.15, -0.1) is 0 Å². The van der Waals surface area contributed by atoms with Gasteiger partial charge in [0.05, 0.1) is 0 Å². The van der Waals surface area contributed by atoms with Gasteiger partial charge in [-0.2, -0.15) is 0 Å². The molecule has 0 radical (unpaired) electrons. The zero-order chi connectivity index (χ0) is 37.9. The van der Waals surface area contributed by atoms with E-state index in [1.165, 1.54) is 131 Å². The molecule has 0 atom stereocenters. The molecule has 0 fully saturated rings. The van der Waals surface area contributed by atoms with Crippen molar-refractivity contribution in [3.63, 3.8) is 0 Å². The first-order chi connectivity index (χ1) is 28.8. The van der Waals surface area contributed by atoms with Crippen molar-refractivity contribution in [1.82, 2.24) is 0 Å². The van der Waals surface area contributed by atoms with Gasteiger partial charge in [-0.05, 0) is 131 Å². The summed E-state index contributed by atoms with van der Waals surface area (Å²) in [6.45, 7) is 0. The van der Waals surface area contributed by atoms with E-state index < -0.39 is 0 Å². The number of hydrogen-bond acceptors (Lipinski definition) is 0. The van der Waals surface area contributed by atoms with Crippen molar-refractivity contribution in [2.45, 2.75) is 0 Å². The van der Waals surface area contributed by atoms with Crippen LogP contribution in [0, 0.1) is 0 Å². The molecule has 0 saturated carbocycles. The summed E-state index contributed by atoms with van der Waals surface area (Å²) < 4.78 is 0. The Bertz CT molecular complexity index is 3420. The molecule has 0 aliphatic carbocycles. The molecule has 0 aromatic heterocycles. The zero-order valence-corrected chi connectivity index (χ0v) is 31.6. The summed E-state index contributed by atoms with van der Waals surface area (Å²) in [7, 11) is 0. The van der Waals surface area contributed by atoms with Gasteiger partial charge in [0, 0.05) is 0 Å². The van der Waals surface area contributed by atoms with Gasteiger partial charge in [-0.25, -0.2) is 0 Å². The van der Waals surface area contributed by atoms with Crippen molar-refractivity contribution in [3.05, 3.63) is 206 Å². The van der Waals surface area contributed by atoms with Gasteiger partial charge in [0.15, 0.2) is 0 Å². The van der Waals surface area contributed by atoms with E-state index in [0.717, 1.165) is 0 Å². The minimum atomic E-state index is 1.23. The average molecular weight is 731 g/mol. The molecule has 0 aliphatic rings. The second-order valence-electron chi connectivity index (χ2n) is 15.9. The molecular weight excluding hydrogens is 697 g/mol. The maximum Gasteiger partial charge on any atom is -0.00206 e. The molecule has 13 aromatic carbocycles. The Hall–Kier alpha value is -7.54. The first kappa shape index (κ1) is 31.6. The molecule has 0 saturated heterocycles. The molecule has 0 amide bonds. The van der Waals surface area contributed by atoms with Crippen molar-refractivity contribution in [2.75, 3.05) is 0 Å². The SMILES string of the molecule is c1cc2ccc3ccc(-c4ccc(-c5c6ccccc6c(-c6ccc(-c7ccc8ccc9cccc%10ccc7c8c9%10)cc6)c6ccccc56)cc4)c4ccc(c1)c2c34. The lowest BCUT2D eigenvalue weighted by Gasteiger charge is -2.19. The van der Waals surface area contributed by atoms with Crippen LogP contribution in [0.3, 0.4) is 0 Å². The normalized spacial score (nSPS) is 12.1. The van der Waals surface area contributed by atoms with E-state index in [4.69, 9.17) is 0 Å². The molecule has 0 heterocycles. The molecule has 0 unspecified atom stereocenters. The van der Waals surface area contributed by atoms with E-state index in [1.54, 1.807) is 0 Å². The Labute approximate surface area is 335 Å². The quantitative estimate of drug-likeness (QED) is 0.125. The van der Waals surface area contributed by atoms with Crippen molar-refractivity contribution in [3.8, 4) is 44.5 Å². The summed E-state index contributed by atoms with van der Waals surface area (Å²) in [5.41, 5.74) is 10.0. The molecule has 13 rings (SSSR count). The summed E-state index contributed by atoms with van der Waals surface area (Å²) in [5.74, 6) is 0. The first-order valence-corrected chi connectivity index (χ1v) is 20.2. The molecule has 0 bridgehead atoms. The van der Waals surface area contributed by atoms with Crippen LogP contribution in [-0.4, -0.2) is 0 Å². The predicted octanol–water partition coefficient (Wildman–Crippen LogP) is 16.5. The van der Waals surface area contributed by atoms with Crippen molar-refractivity contribution in [1.29, 1.82) is 0 Å². The fraction of sp³-hybridized carbons (Fsp3) is 0. The van der Waals surface area contributed by atoms with E-state index in [0.29, 0.717) is 0 Å². The average Bonchev–Trinajstić information content (AvgIpc) is 3.29. The zero-order valence-electron chi connectivity index (χ0n) is 31.6. The Kier molecular flexibility index (Phi) is 6.54.